The van der Waals surface area contributed by atoms with Gasteiger partial charge in [-0.15, -0.1) is 0 Å². The van der Waals surface area contributed by atoms with Crippen molar-refractivity contribution in [2.24, 2.45) is 0 Å². The Hall–Kier alpha value is -1.47. The number of hydrogen-bond acceptors (Lipinski definition) is 5. The minimum Gasteiger partial charge on any atom is -0.379 e. The summed E-state index contributed by atoms with van der Waals surface area (Å²) < 4.78 is 7.10. The molecule has 0 radical (unpaired) electrons. The predicted octanol–water partition coefficient (Wildman–Crippen LogP) is 0.990. The first kappa shape index (κ1) is 16.4. The number of carbonyl (C=O) groups excluding carboxylic acids is 1. The third-order valence-electron chi connectivity index (χ3n) is 5.27. The third kappa shape index (κ3) is 3.72. The van der Waals surface area contributed by atoms with E-state index in [-0.39, 0.29) is 17.5 Å². The first-order chi connectivity index (χ1) is 11.2. The number of ether oxygens (including phenoxy) is 1. The molecule has 1 amide bonds. The minimum atomic E-state index is -0.331. The van der Waals surface area contributed by atoms with E-state index in [0.29, 0.717) is 6.54 Å². The lowest BCUT2D eigenvalue weighted by Crippen LogP contribution is -2.60. The molecule has 7 nitrogen and oxygen atoms in total. The van der Waals surface area contributed by atoms with E-state index >= 15 is 0 Å². The highest BCUT2D eigenvalue weighted by Crippen LogP contribution is 2.34. The van der Waals surface area contributed by atoms with Gasteiger partial charge in [0.1, 0.15) is 18.7 Å². The fraction of sp³-hybridized carbons (Fsp3) is 0.812. The first-order valence-electron chi connectivity index (χ1n) is 8.66. The normalized spacial score (nSPS) is 23.3. The molecule has 1 aliphatic carbocycles. The van der Waals surface area contributed by atoms with Crippen LogP contribution in [0.4, 0.5) is 0 Å². The van der Waals surface area contributed by atoms with Crippen LogP contribution in [0.15, 0.2) is 12.7 Å². The van der Waals surface area contributed by atoms with Crippen LogP contribution in [0.1, 0.15) is 45.1 Å². The average molecular weight is 321 g/mol. The van der Waals surface area contributed by atoms with Gasteiger partial charge in [0.25, 0.3) is 0 Å². The second-order valence-corrected chi connectivity index (χ2v) is 6.65. The van der Waals surface area contributed by atoms with Crippen LogP contribution in [0.25, 0.3) is 0 Å². The number of hydrogen-bond donors (Lipinski definition) is 1. The topological polar surface area (TPSA) is 72.3 Å². The van der Waals surface area contributed by atoms with Crippen molar-refractivity contribution in [3.05, 3.63) is 12.7 Å². The molecular formula is C16H27N5O2. The molecule has 2 fully saturated rings. The Bertz CT molecular complexity index is 493. The Morgan fingerprint density at radius 1 is 1.30 bits per heavy atom. The highest BCUT2D eigenvalue weighted by atomic mass is 16.5. The molecule has 0 bridgehead atoms. The first-order valence-corrected chi connectivity index (χ1v) is 8.66. The lowest BCUT2D eigenvalue weighted by Gasteiger charge is -2.48. The Morgan fingerprint density at radius 2 is 2.04 bits per heavy atom. The fourth-order valence-electron chi connectivity index (χ4n) is 3.79. The summed E-state index contributed by atoms with van der Waals surface area (Å²) in [6.45, 7) is 6.09. The van der Waals surface area contributed by atoms with Crippen molar-refractivity contribution in [2.45, 2.75) is 50.6 Å². The summed E-state index contributed by atoms with van der Waals surface area (Å²) in [6.07, 6.45) is 9.14. The van der Waals surface area contributed by atoms with Crippen LogP contribution in [0.2, 0.25) is 0 Å². The largest absolute Gasteiger partial charge is 0.379 e. The van der Waals surface area contributed by atoms with Gasteiger partial charge in [0.15, 0.2) is 0 Å². The van der Waals surface area contributed by atoms with Crippen LogP contribution in [0.5, 0.6) is 0 Å². The van der Waals surface area contributed by atoms with Gasteiger partial charge < -0.3 is 10.1 Å². The zero-order valence-corrected chi connectivity index (χ0v) is 13.9. The number of nitrogens with one attached hydrogen (secondary N) is 1. The molecule has 1 saturated carbocycles. The van der Waals surface area contributed by atoms with Crippen molar-refractivity contribution in [2.75, 3.05) is 32.8 Å². The van der Waals surface area contributed by atoms with E-state index in [4.69, 9.17) is 4.74 Å². The van der Waals surface area contributed by atoms with E-state index < -0.39 is 0 Å². The molecule has 2 aliphatic rings. The molecule has 2 heterocycles. The maximum absolute atomic E-state index is 12.5. The molecule has 0 unspecified atom stereocenters. The summed E-state index contributed by atoms with van der Waals surface area (Å²) in [7, 11) is 0. The summed E-state index contributed by atoms with van der Waals surface area (Å²) >= 11 is 0. The van der Waals surface area contributed by atoms with Gasteiger partial charge in [0.2, 0.25) is 5.91 Å². The van der Waals surface area contributed by atoms with E-state index in [1.54, 1.807) is 11.0 Å². The number of amides is 1. The van der Waals surface area contributed by atoms with E-state index in [1.807, 2.05) is 6.92 Å². The zero-order valence-electron chi connectivity index (χ0n) is 13.9. The van der Waals surface area contributed by atoms with E-state index in [0.717, 1.165) is 39.1 Å². The molecule has 1 aromatic rings. The molecule has 1 aliphatic heterocycles. The molecule has 1 aromatic heterocycles. The van der Waals surface area contributed by atoms with Gasteiger partial charge in [-0.05, 0) is 19.8 Å². The van der Waals surface area contributed by atoms with Crippen molar-refractivity contribution in [3.63, 3.8) is 0 Å². The number of nitrogens with zero attached hydrogens (tertiary/aromatic N) is 4. The molecule has 1 N–H and O–H groups in total. The van der Waals surface area contributed by atoms with Gasteiger partial charge in [-0.25, -0.2) is 9.67 Å². The molecular weight excluding hydrogens is 294 g/mol. The third-order valence-corrected chi connectivity index (χ3v) is 5.27. The van der Waals surface area contributed by atoms with E-state index in [1.165, 1.54) is 25.6 Å². The Morgan fingerprint density at radius 3 is 2.70 bits per heavy atom. The number of aromatic nitrogens is 3. The van der Waals surface area contributed by atoms with Gasteiger partial charge in [-0.3, -0.25) is 9.69 Å². The van der Waals surface area contributed by atoms with E-state index in [9.17, 15) is 4.79 Å². The van der Waals surface area contributed by atoms with Gasteiger partial charge in [0, 0.05) is 25.2 Å². The molecule has 1 atom stereocenters. The molecule has 23 heavy (non-hydrogen) atoms. The van der Waals surface area contributed by atoms with Gasteiger partial charge in [0.05, 0.1) is 13.2 Å². The summed E-state index contributed by atoms with van der Waals surface area (Å²) in [4.78, 5) is 18.9. The Kier molecular flexibility index (Phi) is 5.27. The van der Waals surface area contributed by atoms with Crippen molar-refractivity contribution in [1.29, 1.82) is 0 Å². The molecule has 7 heteroatoms. The number of carbonyl (C=O) groups is 1. The number of rotatable bonds is 5. The molecule has 1 saturated heterocycles. The lowest BCUT2D eigenvalue weighted by atomic mass is 9.79. The van der Waals surface area contributed by atoms with Crippen LogP contribution in [0.3, 0.4) is 0 Å². The fourth-order valence-corrected chi connectivity index (χ4v) is 3.79. The van der Waals surface area contributed by atoms with Gasteiger partial charge >= 0.3 is 0 Å². The van der Waals surface area contributed by atoms with Crippen molar-refractivity contribution in [1.82, 2.24) is 25.0 Å². The predicted molar refractivity (Wildman–Crippen MR) is 86.0 cm³/mol. The number of morpholine rings is 1. The summed E-state index contributed by atoms with van der Waals surface area (Å²) in [5.41, 5.74) is 0.0970. The minimum absolute atomic E-state index is 0.00806. The van der Waals surface area contributed by atoms with Crippen molar-refractivity contribution in [3.8, 4) is 0 Å². The lowest BCUT2D eigenvalue weighted by molar-refractivity contribution is -0.125. The van der Waals surface area contributed by atoms with Crippen LogP contribution in [-0.4, -0.2) is 64.0 Å². The average Bonchev–Trinajstić information content (AvgIpc) is 3.15. The summed E-state index contributed by atoms with van der Waals surface area (Å²) in [5.74, 6) is 0.00806. The molecule has 3 rings (SSSR count). The van der Waals surface area contributed by atoms with Gasteiger partial charge in [-0.2, -0.15) is 5.10 Å². The Labute approximate surface area is 137 Å². The van der Waals surface area contributed by atoms with Crippen molar-refractivity contribution >= 4 is 5.91 Å². The standard InChI is InChI=1S/C16H27N5O2/c1-14(21-13-17-12-19-21)15(22)18-11-16(5-3-2-4-6-16)20-7-9-23-10-8-20/h12-14H,2-11H2,1H3,(H,18,22)/t14-/m0/s1. The molecule has 0 aromatic carbocycles. The van der Waals surface area contributed by atoms with Crippen LogP contribution in [-0.2, 0) is 9.53 Å². The maximum atomic E-state index is 12.5. The van der Waals surface area contributed by atoms with Crippen molar-refractivity contribution < 1.29 is 9.53 Å². The maximum Gasteiger partial charge on any atom is 0.244 e. The monoisotopic (exact) mass is 321 g/mol. The highest BCUT2D eigenvalue weighted by Gasteiger charge is 2.39. The second kappa shape index (κ2) is 7.40. The van der Waals surface area contributed by atoms with E-state index in [2.05, 4.69) is 20.3 Å². The van der Waals surface area contributed by atoms with Crippen LogP contribution < -0.4 is 5.32 Å². The smallest absolute Gasteiger partial charge is 0.244 e. The Balaban J connectivity index is 1.63. The molecule has 128 valence electrons. The van der Waals surface area contributed by atoms with Crippen LogP contribution in [0, 0.1) is 0 Å². The summed E-state index contributed by atoms with van der Waals surface area (Å²) in [6, 6.07) is -0.331. The SMILES string of the molecule is C[C@@H](C(=O)NCC1(N2CCOCC2)CCCCC1)n1cncn1. The molecule has 0 spiro atoms. The zero-order chi connectivity index (χ0) is 16.1. The quantitative estimate of drug-likeness (QED) is 0.875. The van der Waals surface area contributed by atoms with Gasteiger partial charge in [-0.1, -0.05) is 19.3 Å². The summed E-state index contributed by atoms with van der Waals surface area (Å²) in [5, 5.41) is 7.23. The highest BCUT2D eigenvalue weighted by molar-refractivity contribution is 5.79. The second-order valence-electron chi connectivity index (χ2n) is 6.65. The van der Waals surface area contributed by atoms with Crippen LogP contribution >= 0.6 is 0 Å².